The maximum absolute atomic E-state index is 14.0. The van der Waals surface area contributed by atoms with Gasteiger partial charge in [-0.1, -0.05) is 6.42 Å². The molecule has 2 fully saturated rings. The number of ether oxygens (including phenoxy) is 1. The first kappa shape index (κ1) is 20.1. The van der Waals surface area contributed by atoms with E-state index in [1.165, 1.54) is 37.0 Å². The molecule has 0 radical (unpaired) electrons. The summed E-state index contributed by atoms with van der Waals surface area (Å²) in [5.41, 5.74) is 0.712. The highest BCUT2D eigenvalue weighted by molar-refractivity contribution is 7.89. The summed E-state index contributed by atoms with van der Waals surface area (Å²) in [4.78, 5) is 1.91. The van der Waals surface area contributed by atoms with E-state index in [1.807, 2.05) is 17.0 Å². The van der Waals surface area contributed by atoms with Gasteiger partial charge in [0.2, 0.25) is 10.0 Å². The van der Waals surface area contributed by atoms with Crippen LogP contribution in [0.3, 0.4) is 0 Å². The zero-order chi connectivity index (χ0) is 21.8. The van der Waals surface area contributed by atoms with E-state index in [2.05, 4.69) is 10.2 Å². The number of anilines is 1. The van der Waals surface area contributed by atoms with E-state index in [-0.39, 0.29) is 16.7 Å². The van der Waals surface area contributed by atoms with Crippen molar-refractivity contribution in [1.29, 1.82) is 0 Å². The van der Waals surface area contributed by atoms with E-state index in [4.69, 9.17) is 9.84 Å². The van der Waals surface area contributed by atoms with Crippen molar-refractivity contribution in [3.63, 3.8) is 0 Å². The Morgan fingerprint density at radius 3 is 2.58 bits per heavy atom. The van der Waals surface area contributed by atoms with E-state index in [1.54, 1.807) is 4.52 Å². The lowest BCUT2D eigenvalue weighted by Crippen LogP contribution is -2.60. The van der Waals surface area contributed by atoms with E-state index >= 15 is 0 Å². The second-order valence-corrected chi connectivity index (χ2v) is 10.0. The fraction of sp³-hybridized carbons (Fsp3) is 0.450. The van der Waals surface area contributed by atoms with Crippen molar-refractivity contribution >= 4 is 21.5 Å². The molecule has 164 valence electrons. The Balaban J connectivity index is 1.31. The Hall–Kier alpha value is -2.79. The monoisotopic (exact) mass is 446 g/mol. The first-order valence-corrected chi connectivity index (χ1v) is 11.6. The molecule has 2 aliphatic rings. The smallest absolute Gasteiger partial charge is 0.243 e. The van der Waals surface area contributed by atoms with Gasteiger partial charge in [0.25, 0.3) is 0 Å². The Kier molecular flexibility index (Phi) is 4.82. The number of hydrogen-bond acceptors (Lipinski definition) is 7. The minimum atomic E-state index is -3.83. The van der Waals surface area contributed by atoms with Crippen molar-refractivity contribution < 1.29 is 17.5 Å². The highest BCUT2D eigenvalue weighted by Gasteiger charge is 2.38. The molecule has 1 aliphatic carbocycles. The van der Waals surface area contributed by atoms with Gasteiger partial charge in [-0.25, -0.2) is 12.8 Å². The second kappa shape index (κ2) is 7.41. The van der Waals surface area contributed by atoms with E-state index in [0.717, 1.165) is 30.6 Å². The second-order valence-electron chi connectivity index (χ2n) is 8.02. The van der Waals surface area contributed by atoms with Crippen LogP contribution in [0.4, 0.5) is 10.2 Å². The third kappa shape index (κ3) is 3.32. The number of likely N-dealkylation sites (N-methyl/N-ethyl adjacent to an activating group) is 1. The normalized spacial score (nSPS) is 17.7. The molecule has 1 saturated carbocycles. The van der Waals surface area contributed by atoms with Crippen LogP contribution in [0, 0.1) is 5.82 Å². The Labute approximate surface area is 179 Å². The van der Waals surface area contributed by atoms with Gasteiger partial charge in [-0.3, -0.25) is 0 Å². The largest absolute Gasteiger partial charge is 0.494 e. The average molecular weight is 447 g/mol. The van der Waals surface area contributed by atoms with E-state index in [9.17, 15) is 12.8 Å². The number of fused-ring (bicyclic) bond motifs is 1. The van der Waals surface area contributed by atoms with Gasteiger partial charge >= 0.3 is 0 Å². The van der Waals surface area contributed by atoms with E-state index in [0.29, 0.717) is 24.7 Å². The van der Waals surface area contributed by atoms with Crippen molar-refractivity contribution in [3.8, 4) is 5.75 Å². The van der Waals surface area contributed by atoms with Crippen LogP contribution in [0.15, 0.2) is 35.2 Å². The summed E-state index contributed by atoms with van der Waals surface area (Å²) in [6, 6.07) is 7.18. The highest BCUT2D eigenvalue weighted by atomic mass is 32.2. The zero-order valence-corrected chi connectivity index (χ0v) is 18.1. The molecule has 1 saturated heterocycles. The number of methoxy groups -OCH3 is 1. The molecule has 11 heteroatoms. The van der Waals surface area contributed by atoms with Crippen LogP contribution in [0.1, 0.15) is 31.0 Å². The van der Waals surface area contributed by atoms with E-state index < -0.39 is 15.8 Å². The van der Waals surface area contributed by atoms with Gasteiger partial charge in [0.1, 0.15) is 5.82 Å². The number of sulfonamides is 1. The third-order valence-electron chi connectivity index (χ3n) is 6.24. The van der Waals surface area contributed by atoms with Crippen LogP contribution in [0.25, 0.3) is 5.65 Å². The van der Waals surface area contributed by atoms with Crippen molar-refractivity contribution in [2.24, 2.45) is 0 Å². The highest BCUT2D eigenvalue weighted by Crippen LogP contribution is 2.35. The van der Waals surface area contributed by atoms with Gasteiger partial charge in [-0.15, -0.1) is 15.3 Å². The Bertz CT molecular complexity index is 1240. The molecule has 0 bridgehead atoms. The SMILES string of the molecule is COc1ccc(S(=O)(=O)N(C)C2CN(c3ccc4nnc(C5CCC5)n4n3)C2)cc1F. The quantitative estimate of drug-likeness (QED) is 0.572. The molecule has 9 nitrogen and oxygen atoms in total. The van der Waals surface area contributed by atoms with Crippen molar-refractivity contribution in [2.75, 3.05) is 32.1 Å². The minimum Gasteiger partial charge on any atom is -0.494 e. The summed E-state index contributed by atoms with van der Waals surface area (Å²) < 4.78 is 47.8. The maximum atomic E-state index is 14.0. The minimum absolute atomic E-state index is 0.00755. The van der Waals surface area contributed by atoms with Crippen LogP contribution in [-0.4, -0.2) is 65.8 Å². The Morgan fingerprint density at radius 2 is 1.94 bits per heavy atom. The van der Waals surface area contributed by atoms with Gasteiger partial charge in [0, 0.05) is 26.1 Å². The van der Waals surface area contributed by atoms with Crippen LogP contribution in [-0.2, 0) is 10.0 Å². The summed E-state index contributed by atoms with van der Waals surface area (Å²) in [7, 11) is -0.972. The van der Waals surface area contributed by atoms with Gasteiger partial charge < -0.3 is 9.64 Å². The summed E-state index contributed by atoms with van der Waals surface area (Å²) in [5, 5.41) is 13.2. The first-order chi connectivity index (χ1) is 14.9. The lowest BCUT2D eigenvalue weighted by Gasteiger charge is -2.43. The predicted octanol–water partition coefficient (Wildman–Crippen LogP) is 2.05. The molecule has 1 aromatic carbocycles. The molecule has 31 heavy (non-hydrogen) atoms. The van der Waals surface area contributed by atoms with Gasteiger partial charge in [0.15, 0.2) is 23.0 Å². The van der Waals surface area contributed by atoms with Gasteiger partial charge in [0.05, 0.1) is 18.0 Å². The molecule has 0 spiro atoms. The number of halogens is 1. The molecule has 0 N–H and O–H groups in total. The van der Waals surface area contributed by atoms with Crippen molar-refractivity contribution in [3.05, 3.63) is 42.0 Å². The molecule has 0 amide bonds. The fourth-order valence-corrected chi connectivity index (χ4v) is 5.28. The number of hydrogen-bond donors (Lipinski definition) is 0. The van der Waals surface area contributed by atoms with Crippen molar-refractivity contribution in [1.82, 2.24) is 24.1 Å². The summed E-state index contributed by atoms with van der Waals surface area (Å²) in [6.45, 7) is 0.988. The van der Waals surface area contributed by atoms with Gasteiger partial charge in [-0.2, -0.15) is 8.82 Å². The number of benzene rings is 1. The molecular weight excluding hydrogens is 423 g/mol. The van der Waals surface area contributed by atoms with Crippen LogP contribution >= 0.6 is 0 Å². The molecule has 0 atom stereocenters. The maximum Gasteiger partial charge on any atom is 0.243 e. The van der Waals surface area contributed by atoms with Crippen LogP contribution in [0.2, 0.25) is 0 Å². The number of nitrogens with zero attached hydrogens (tertiary/aromatic N) is 6. The van der Waals surface area contributed by atoms with Crippen LogP contribution in [0.5, 0.6) is 5.75 Å². The third-order valence-corrected chi connectivity index (χ3v) is 8.15. The molecule has 3 heterocycles. The predicted molar refractivity (Wildman–Crippen MR) is 111 cm³/mol. The number of aromatic nitrogens is 4. The lowest BCUT2D eigenvalue weighted by atomic mass is 9.85. The fourth-order valence-electron chi connectivity index (χ4n) is 3.93. The molecular formula is C20H23FN6O3S. The number of rotatable bonds is 6. The first-order valence-electron chi connectivity index (χ1n) is 10.2. The molecule has 1 aliphatic heterocycles. The van der Waals surface area contributed by atoms with Crippen LogP contribution < -0.4 is 9.64 Å². The summed E-state index contributed by atoms with van der Waals surface area (Å²) >= 11 is 0. The van der Waals surface area contributed by atoms with Crippen molar-refractivity contribution in [2.45, 2.75) is 36.1 Å². The molecule has 2 aromatic heterocycles. The van der Waals surface area contributed by atoms with Gasteiger partial charge in [-0.05, 0) is 43.2 Å². The standard InChI is InChI=1S/C20H23FN6O3S/c1-25(31(28,29)15-6-7-17(30-2)16(21)10-15)14-11-26(12-14)19-9-8-18-22-23-20(27(18)24-19)13-4-3-5-13/h6-10,13-14H,3-5,11-12H2,1-2H3. The summed E-state index contributed by atoms with van der Waals surface area (Å²) in [5.74, 6) is 1.35. The molecule has 0 unspecified atom stereocenters. The summed E-state index contributed by atoms with van der Waals surface area (Å²) in [6.07, 6.45) is 3.41. The zero-order valence-electron chi connectivity index (χ0n) is 17.3. The average Bonchev–Trinajstić information content (AvgIpc) is 3.08. The lowest BCUT2D eigenvalue weighted by molar-refractivity contribution is 0.308. The Morgan fingerprint density at radius 1 is 1.16 bits per heavy atom. The molecule has 5 rings (SSSR count). The molecule has 3 aromatic rings. The topological polar surface area (TPSA) is 92.9 Å².